The van der Waals surface area contributed by atoms with Crippen LogP contribution in [0, 0.1) is 17.0 Å². The van der Waals surface area contributed by atoms with Crippen LogP contribution in [0.15, 0.2) is 42.5 Å². The van der Waals surface area contributed by atoms with Crippen molar-refractivity contribution in [3.63, 3.8) is 0 Å². The molecule has 2 N–H and O–H groups in total. The second kappa shape index (κ2) is 9.83. The maximum Gasteiger partial charge on any atom is 0.338 e. The number of esters is 1. The van der Waals surface area contributed by atoms with Crippen LogP contribution in [0.5, 0.6) is 0 Å². The van der Waals surface area contributed by atoms with Crippen molar-refractivity contribution in [3.05, 3.63) is 63.7 Å². The second-order valence-corrected chi connectivity index (χ2v) is 8.17. The van der Waals surface area contributed by atoms with Crippen LogP contribution >= 0.6 is 0 Å². The van der Waals surface area contributed by atoms with Gasteiger partial charge in [0.25, 0.3) is 11.6 Å². The monoisotopic (exact) mass is 435 g/mol. The van der Waals surface area contributed by atoms with Crippen LogP contribution in [0.1, 0.15) is 29.3 Å². The van der Waals surface area contributed by atoms with Gasteiger partial charge in [-0.2, -0.15) is 0 Å². The summed E-state index contributed by atoms with van der Waals surface area (Å²) in [7, 11) is -3.52. The maximum absolute atomic E-state index is 12.2. The lowest BCUT2D eigenvalue weighted by Gasteiger charge is -2.10. The number of hydrogen-bond donors (Lipinski definition) is 2. The molecule has 0 spiro atoms. The van der Waals surface area contributed by atoms with E-state index in [1.807, 2.05) is 0 Å². The average Bonchev–Trinajstić information content (AvgIpc) is 2.67. The van der Waals surface area contributed by atoms with Gasteiger partial charge in [-0.1, -0.05) is 19.1 Å². The van der Waals surface area contributed by atoms with Gasteiger partial charge in [-0.05, 0) is 37.6 Å². The number of hydrogen-bond acceptors (Lipinski definition) is 7. The standard InChI is InChI=1S/C19H21N3O7S/c1-3-10-30(27,28)21-15-7-4-6-14(11-15)19(24)29-12-18(23)20-16-8-5-9-17(13(16)2)22(25)26/h4-9,11,21H,3,10,12H2,1-2H3,(H,20,23). The highest BCUT2D eigenvalue weighted by atomic mass is 32.2. The lowest BCUT2D eigenvalue weighted by molar-refractivity contribution is -0.385. The summed E-state index contributed by atoms with van der Waals surface area (Å²) in [5.41, 5.74) is 0.625. The number of sulfonamides is 1. The Morgan fingerprint density at radius 3 is 2.53 bits per heavy atom. The first-order valence-electron chi connectivity index (χ1n) is 8.94. The van der Waals surface area contributed by atoms with Gasteiger partial charge >= 0.3 is 5.97 Å². The topological polar surface area (TPSA) is 145 Å². The van der Waals surface area contributed by atoms with E-state index in [0.717, 1.165) is 0 Å². The maximum atomic E-state index is 12.2. The molecule has 2 aromatic carbocycles. The van der Waals surface area contributed by atoms with Gasteiger partial charge in [0.15, 0.2) is 6.61 Å². The molecule has 0 aliphatic rings. The number of nitrogens with zero attached hydrogens (tertiary/aromatic N) is 1. The minimum absolute atomic E-state index is 0.0566. The van der Waals surface area contributed by atoms with E-state index in [1.165, 1.54) is 49.4 Å². The molecule has 0 aromatic heterocycles. The Morgan fingerprint density at radius 2 is 1.87 bits per heavy atom. The van der Waals surface area contributed by atoms with Crippen LogP contribution < -0.4 is 10.0 Å². The summed E-state index contributed by atoms with van der Waals surface area (Å²) in [5, 5.41) is 13.4. The minimum Gasteiger partial charge on any atom is -0.452 e. The molecule has 160 valence electrons. The van der Waals surface area contributed by atoms with Crippen molar-refractivity contribution in [1.82, 2.24) is 0 Å². The summed E-state index contributed by atoms with van der Waals surface area (Å²) < 4.78 is 31.0. The molecule has 0 bridgehead atoms. The summed E-state index contributed by atoms with van der Waals surface area (Å²) in [6.45, 7) is 2.60. The smallest absolute Gasteiger partial charge is 0.338 e. The van der Waals surface area contributed by atoms with Crippen LogP contribution in [0.2, 0.25) is 0 Å². The SMILES string of the molecule is CCCS(=O)(=O)Nc1cccc(C(=O)OCC(=O)Nc2cccc([N+](=O)[O-])c2C)c1. The van der Waals surface area contributed by atoms with E-state index in [0.29, 0.717) is 6.42 Å². The molecule has 0 atom stereocenters. The Morgan fingerprint density at radius 1 is 1.17 bits per heavy atom. The summed E-state index contributed by atoms with van der Waals surface area (Å²) in [4.78, 5) is 34.6. The van der Waals surface area contributed by atoms with Gasteiger partial charge in [-0.3, -0.25) is 19.6 Å². The Kier molecular flexibility index (Phi) is 7.48. The van der Waals surface area contributed by atoms with E-state index in [1.54, 1.807) is 6.92 Å². The number of amides is 1. The van der Waals surface area contributed by atoms with Crippen LogP contribution in [-0.2, 0) is 19.6 Å². The number of nitrogens with one attached hydrogen (secondary N) is 2. The molecule has 0 saturated heterocycles. The molecule has 0 aliphatic carbocycles. The van der Waals surface area contributed by atoms with Gasteiger partial charge in [0.1, 0.15) is 0 Å². The molecule has 0 fully saturated rings. The molecule has 30 heavy (non-hydrogen) atoms. The molecule has 0 unspecified atom stereocenters. The number of rotatable bonds is 9. The zero-order chi connectivity index (χ0) is 22.3. The van der Waals surface area contributed by atoms with Crippen molar-refractivity contribution in [2.75, 3.05) is 22.4 Å². The molecule has 0 heterocycles. The fourth-order valence-corrected chi connectivity index (χ4v) is 3.69. The molecule has 1 amide bonds. The van der Waals surface area contributed by atoms with Gasteiger partial charge in [-0.15, -0.1) is 0 Å². The summed E-state index contributed by atoms with van der Waals surface area (Å²) in [6.07, 6.45) is 0.441. The number of anilines is 2. The third kappa shape index (κ3) is 6.27. The van der Waals surface area contributed by atoms with E-state index < -0.39 is 33.4 Å². The van der Waals surface area contributed by atoms with Crippen molar-refractivity contribution >= 4 is 39.0 Å². The molecular formula is C19H21N3O7S. The first-order chi connectivity index (χ1) is 14.1. The van der Waals surface area contributed by atoms with Crippen LogP contribution in [0.4, 0.5) is 17.1 Å². The predicted octanol–water partition coefficient (Wildman–Crippen LogP) is 2.85. The molecule has 2 aromatic rings. The second-order valence-electron chi connectivity index (χ2n) is 6.33. The normalized spacial score (nSPS) is 10.9. The van der Waals surface area contributed by atoms with Gasteiger partial charge in [0.2, 0.25) is 10.0 Å². The zero-order valence-electron chi connectivity index (χ0n) is 16.4. The van der Waals surface area contributed by atoms with E-state index in [4.69, 9.17) is 4.74 Å². The molecule has 0 aliphatic heterocycles. The summed E-state index contributed by atoms with van der Waals surface area (Å²) in [5.74, 6) is -1.55. The quantitative estimate of drug-likeness (QED) is 0.350. The number of ether oxygens (including phenoxy) is 1. The van der Waals surface area contributed by atoms with E-state index >= 15 is 0 Å². The molecule has 0 radical (unpaired) electrons. The Hall–Kier alpha value is -3.47. The van der Waals surface area contributed by atoms with Crippen molar-refractivity contribution in [2.45, 2.75) is 20.3 Å². The minimum atomic E-state index is -3.52. The Bertz CT molecular complexity index is 1070. The first-order valence-corrected chi connectivity index (χ1v) is 10.6. The molecular weight excluding hydrogens is 414 g/mol. The highest BCUT2D eigenvalue weighted by Crippen LogP contribution is 2.25. The summed E-state index contributed by atoms with van der Waals surface area (Å²) >= 11 is 0. The number of benzene rings is 2. The number of carbonyl (C=O) groups excluding carboxylic acids is 2. The fourth-order valence-electron chi connectivity index (χ4n) is 2.57. The predicted molar refractivity (Wildman–Crippen MR) is 111 cm³/mol. The highest BCUT2D eigenvalue weighted by molar-refractivity contribution is 7.92. The van der Waals surface area contributed by atoms with Gasteiger partial charge < -0.3 is 10.1 Å². The van der Waals surface area contributed by atoms with Crippen molar-refractivity contribution < 1.29 is 27.7 Å². The molecule has 11 heteroatoms. The fraction of sp³-hybridized carbons (Fsp3) is 0.263. The van der Waals surface area contributed by atoms with Gasteiger partial charge in [-0.25, -0.2) is 13.2 Å². The number of nitro groups is 1. The first kappa shape index (κ1) is 22.8. The Labute approximate surface area is 173 Å². The van der Waals surface area contributed by atoms with Crippen LogP contribution in [0.25, 0.3) is 0 Å². The molecule has 10 nitrogen and oxygen atoms in total. The average molecular weight is 435 g/mol. The largest absolute Gasteiger partial charge is 0.452 e. The van der Waals surface area contributed by atoms with Gasteiger partial charge in [0, 0.05) is 11.8 Å². The lowest BCUT2D eigenvalue weighted by Crippen LogP contribution is -2.21. The van der Waals surface area contributed by atoms with Crippen molar-refractivity contribution in [3.8, 4) is 0 Å². The van der Waals surface area contributed by atoms with Crippen molar-refractivity contribution in [1.29, 1.82) is 0 Å². The third-order valence-electron chi connectivity index (χ3n) is 3.95. The summed E-state index contributed by atoms with van der Waals surface area (Å²) in [6, 6.07) is 9.92. The molecule has 2 rings (SSSR count). The Balaban J connectivity index is 1.99. The number of carbonyl (C=O) groups is 2. The zero-order valence-corrected chi connectivity index (χ0v) is 17.2. The van der Waals surface area contributed by atoms with Crippen LogP contribution in [-0.4, -0.2) is 37.6 Å². The third-order valence-corrected chi connectivity index (χ3v) is 5.45. The van der Waals surface area contributed by atoms with E-state index in [9.17, 15) is 28.1 Å². The molecule has 0 saturated carbocycles. The van der Waals surface area contributed by atoms with Crippen molar-refractivity contribution in [2.24, 2.45) is 0 Å². The van der Waals surface area contributed by atoms with E-state index in [2.05, 4.69) is 10.0 Å². The van der Waals surface area contributed by atoms with E-state index in [-0.39, 0.29) is 33.9 Å². The number of nitro benzene ring substituents is 1. The van der Waals surface area contributed by atoms with Gasteiger partial charge in [0.05, 0.1) is 27.5 Å². The lowest BCUT2D eigenvalue weighted by atomic mass is 10.1. The van der Waals surface area contributed by atoms with Crippen LogP contribution in [0.3, 0.4) is 0 Å². The highest BCUT2D eigenvalue weighted by Gasteiger charge is 2.17.